The molecule has 2 amide bonds. The summed E-state index contributed by atoms with van der Waals surface area (Å²) in [5, 5.41) is 0. The normalized spacial score (nSPS) is 15.1. The van der Waals surface area contributed by atoms with E-state index in [1.54, 1.807) is 9.80 Å². The molecule has 1 heterocycles. The number of benzene rings is 1. The van der Waals surface area contributed by atoms with Crippen molar-refractivity contribution in [1.82, 2.24) is 9.80 Å². The molecule has 1 aromatic carbocycles. The van der Waals surface area contributed by atoms with Crippen molar-refractivity contribution in [3.05, 3.63) is 29.3 Å². The minimum Gasteiger partial charge on any atom is -0.483 e. The summed E-state index contributed by atoms with van der Waals surface area (Å²) in [5.41, 5.74) is 2.19. The van der Waals surface area contributed by atoms with Crippen LogP contribution < -0.4 is 4.74 Å². The first-order valence-corrected chi connectivity index (χ1v) is 8.26. The molecular weight excluding hydrogens is 308 g/mol. The van der Waals surface area contributed by atoms with E-state index in [1.165, 1.54) is 7.11 Å². The first-order chi connectivity index (χ1) is 11.5. The first kappa shape index (κ1) is 18.3. The average Bonchev–Trinajstić information content (AvgIpc) is 2.82. The van der Waals surface area contributed by atoms with Crippen molar-refractivity contribution in [2.75, 3.05) is 46.5 Å². The largest absolute Gasteiger partial charge is 0.483 e. The minimum absolute atomic E-state index is 0.0241. The molecule has 2 rings (SSSR count). The van der Waals surface area contributed by atoms with Gasteiger partial charge in [0.2, 0.25) is 5.91 Å². The zero-order chi connectivity index (χ0) is 17.5. The molecule has 1 aliphatic rings. The Bertz CT molecular complexity index is 588. The number of carbonyl (C=O) groups is 2. The molecule has 0 saturated carbocycles. The Kier molecular flexibility index (Phi) is 6.61. The summed E-state index contributed by atoms with van der Waals surface area (Å²) < 4.78 is 10.6. The van der Waals surface area contributed by atoms with Crippen molar-refractivity contribution in [2.45, 2.75) is 20.3 Å². The van der Waals surface area contributed by atoms with Crippen molar-refractivity contribution in [2.24, 2.45) is 0 Å². The van der Waals surface area contributed by atoms with Crippen molar-refractivity contribution >= 4 is 11.8 Å². The van der Waals surface area contributed by atoms with Gasteiger partial charge in [-0.15, -0.1) is 0 Å². The second-order valence-corrected chi connectivity index (χ2v) is 6.03. The maximum atomic E-state index is 12.4. The zero-order valence-corrected chi connectivity index (χ0v) is 14.7. The van der Waals surface area contributed by atoms with E-state index >= 15 is 0 Å². The molecule has 0 aliphatic carbocycles. The lowest BCUT2D eigenvalue weighted by molar-refractivity contribution is -0.136. The molecule has 0 atom stereocenters. The molecule has 6 heteroatoms. The van der Waals surface area contributed by atoms with E-state index < -0.39 is 0 Å². The second kappa shape index (κ2) is 8.68. The number of hydrogen-bond donors (Lipinski definition) is 0. The molecule has 0 aromatic heterocycles. The van der Waals surface area contributed by atoms with Gasteiger partial charge in [-0.25, -0.2) is 0 Å². The Balaban J connectivity index is 1.86. The Morgan fingerprint density at radius 3 is 2.25 bits per heavy atom. The van der Waals surface area contributed by atoms with Gasteiger partial charge in [-0.1, -0.05) is 12.1 Å². The smallest absolute Gasteiger partial charge is 0.260 e. The number of methoxy groups -OCH3 is 1. The van der Waals surface area contributed by atoms with Crippen LogP contribution >= 0.6 is 0 Å². The number of ether oxygens (including phenoxy) is 2. The lowest BCUT2D eigenvalue weighted by Gasteiger charge is -2.22. The van der Waals surface area contributed by atoms with Gasteiger partial charge < -0.3 is 19.3 Å². The lowest BCUT2D eigenvalue weighted by Crippen LogP contribution is -2.40. The molecule has 6 nitrogen and oxygen atoms in total. The molecular formula is C18H26N2O4. The third-order valence-corrected chi connectivity index (χ3v) is 4.38. The first-order valence-electron chi connectivity index (χ1n) is 8.26. The van der Waals surface area contributed by atoms with Gasteiger partial charge in [-0.05, 0) is 37.5 Å². The van der Waals surface area contributed by atoms with Crippen LogP contribution in [0.2, 0.25) is 0 Å². The predicted octanol–water partition coefficient (Wildman–Crippen LogP) is 1.39. The highest BCUT2D eigenvalue weighted by molar-refractivity contribution is 5.79. The maximum absolute atomic E-state index is 12.4. The summed E-state index contributed by atoms with van der Waals surface area (Å²) in [7, 11) is 1.51. The van der Waals surface area contributed by atoms with E-state index in [0.717, 1.165) is 23.3 Å². The van der Waals surface area contributed by atoms with Crippen molar-refractivity contribution in [3.8, 4) is 5.75 Å². The molecule has 1 fully saturated rings. The summed E-state index contributed by atoms with van der Waals surface area (Å²) in [6.45, 7) is 6.49. The molecule has 0 bridgehead atoms. The van der Waals surface area contributed by atoms with Crippen LogP contribution in [0.15, 0.2) is 18.2 Å². The van der Waals surface area contributed by atoms with Crippen LogP contribution in [0.4, 0.5) is 0 Å². The number of hydrogen-bond acceptors (Lipinski definition) is 4. The quantitative estimate of drug-likeness (QED) is 0.816. The zero-order valence-electron chi connectivity index (χ0n) is 14.7. The number of rotatable bonds is 5. The fourth-order valence-electron chi connectivity index (χ4n) is 2.74. The third kappa shape index (κ3) is 4.71. The van der Waals surface area contributed by atoms with Crippen LogP contribution in [0.5, 0.6) is 5.75 Å². The lowest BCUT2D eigenvalue weighted by atomic mass is 10.1. The van der Waals surface area contributed by atoms with E-state index in [9.17, 15) is 9.59 Å². The molecule has 0 N–H and O–H groups in total. The highest BCUT2D eigenvalue weighted by atomic mass is 16.5. The molecule has 0 radical (unpaired) electrons. The summed E-state index contributed by atoms with van der Waals surface area (Å²) in [5.74, 6) is 0.672. The molecule has 1 saturated heterocycles. The molecule has 24 heavy (non-hydrogen) atoms. The third-order valence-electron chi connectivity index (χ3n) is 4.38. The standard InChI is InChI=1S/C18H26N2O4/c1-14-6-4-7-16(15(14)2)24-13-18(22)20-9-5-8-19(10-11-20)17(21)12-23-3/h4,6-7H,5,8-13H2,1-3H3. The highest BCUT2D eigenvalue weighted by Gasteiger charge is 2.22. The fraction of sp³-hybridized carbons (Fsp3) is 0.556. The summed E-state index contributed by atoms with van der Waals surface area (Å²) in [6.07, 6.45) is 0.769. The van der Waals surface area contributed by atoms with Crippen molar-refractivity contribution < 1.29 is 19.1 Å². The number of nitrogens with zero attached hydrogens (tertiary/aromatic N) is 2. The predicted molar refractivity (Wildman–Crippen MR) is 91.1 cm³/mol. The van der Waals surface area contributed by atoms with Gasteiger partial charge in [0.25, 0.3) is 5.91 Å². The SMILES string of the molecule is COCC(=O)N1CCCN(C(=O)COc2cccc(C)c2C)CC1. The summed E-state index contributed by atoms with van der Waals surface area (Å²) in [4.78, 5) is 27.8. The van der Waals surface area contributed by atoms with Gasteiger partial charge >= 0.3 is 0 Å². The number of carbonyl (C=O) groups excluding carboxylic acids is 2. The molecule has 1 aliphatic heterocycles. The monoisotopic (exact) mass is 334 g/mol. The van der Waals surface area contributed by atoms with Crippen molar-refractivity contribution in [1.29, 1.82) is 0 Å². The topological polar surface area (TPSA) is 59.1 Å². The van der Waals surface area contributed by atoms with E-state index in [0.29, 0.717) is 26.2 Å². The maximum Gasteiger partial charge on any atom is 0.260 e. The van der Waals surface area contributed by atoms with Gasteiger partial charge in [-0.2, -0.15) is 0 Å². The molecule has 0 spiro atoms. The molecule has 1 aromatic rings. The summed E-state index contributed by atoms with van der Waals surface area (Å²) >= 11 is 0. The fourth-order valence-corrected chi connectivity index (χ4v) is 2.74. The van der Waals surface area contributed by atoms with Crippen LogP contribution in [-0.2, 0) is 14.3 Å². The second-order valence-electron chi connectivity index (χ2n) is 6.03. The van der Waals surface area contributed by atoms with Crippen LogP contribution in [0, 0.1) is 13.8 Å². The Hall–Kier alpha value is -2.08. The number of amides is 2. The van der Waals surface area contributed by atoms with Crippen LogP contribution in [0.25, 0.3) is 0 Å². The minimum atomic E-state index is -0.0445. The van der Waals surface area contributed by atoms with Gasteiger partial charge in [0.1, 0.15) is 12.4 Å². The van der Waals surface area contributed by atoms with Gasteiger partial charge in [-0.3, -0.25) is 9.59 Å². The molecule has 132 valence electrons. The Morgan fingerprint density at radius 1 is 1.00 bits per heavy atom. The Morgan fingerprint density at radius 2 is 1.62 bits per heavy atom. The van der Waals surface area contributed by atoms with E-state index in [1.807, 2.05) is 32.0 Å². The highest BCUT2D eigenvalue weighted by Crippen LogP contribution is 2.20. The number of aryl methyl sites for hydroxylation is 1. The van der Waals surface area contributed by atoms with E-state index in [4.69, 9.17) is 9.47 Å². The summed E-state index contributed by atoms with van der Waals surface area (Å²) in [6, 6.07) is 5.82. The Labute approximate surface area is 143 Å². The van der Waals surface area contributed by atoms with Crippen molar-refractivity contribution in [3.63, 3.8) is 0 Å². The van der Waals surface area contributed by atoms with E-state index in [2.05, 4.69) is 0 Å². The van der Waals surface area contributed by atoms with Crippen LogP contribution in [-0.4, -0.2) is 68.1 Å². The van der Waals surface area contributed by atoms with Gasteiger partial charge in [0.15, 0.2) is 6.61 Å². The molecule has 0 unspecified atom stereocenters. The van der Waals surface area contributed by atoms with E-state index in [-0.39, 0.29) is 25.0 Å². The van der Waals surface area contributed by atoms with Crippen LogP contribution in [0.1, 0.15) is 17.5 Å². The van der Waals surface area contributed by atoms with Gasteiger partial charge in [0, 0.05) is 33.3 Å². The van der Waals surface area contributed by atoms with Gasteiger partial charge in [0.05, 0.1) is 0 Å². The van der Waals surface area contributed by atoms with Crippen LogP contribution in [0.3, 0.4) is 0 Å². The average molecular weight is 334 g/mol.